The Hall–Kier alpha value is -3.69. The molecule has 1 aromatic carbocycles. The number of benzene rings is 1. The van der Waals surface area contributed by atoms with E-state index < -0.39 is 35.4 Å². The van der Waals surface area contributed by atoms with Crippen molar-refractivity contribution in [3.8, 4) is 0 Å². The molecular formula is C21H26N4O6. The monoisotopic (exact) mass is 430 g/mol. The highest BCUT2D eigenvalue weighted by molar-refractivity contribution is 6.10. The van der Waals surface area contributed by atoms with Crippen LogP contribution in [0.25, 0.3) is 0 Å². The number of nitrogens with zero attached hydrogens (tertiary/aromatic N) is 1. The van der Waals surface area contributed by atoms with Crippen LogP contribution in [0.15, 0.2) is 30.6 Å². The lowest BCUT2D eigenvalue weighted by molar-refractivity contribution is -0.156. The average Bonchev–Trinajstić information content (AvgIpc) is 3.17. The number of nitrogens with one attached hydrogen (secondary N) is 3. The zero-order valence-corrected chi connectivity index (χ0v) is 18.1. The second-order valence-corrected chi connectivity index (χ2v) is 7.61. The summed E-state index contributed by atoms with van der Waals surface area (Å²) in [5.74, 6) is -2.39. The molecule has 2 rings (SSSR count). The van der Waals surface area contributed by atoms with Crippen molar-refractivity contribution >= 4 is 29.4 Å². The van der Waals surface area contributed by atoms with Crippen molar-refractivity contribution in [3.05, 3.63) is 47.5 Å². The molecule has 2 amide bonds. The third-order valence-corrected chi connectivity index (χ3v) is 3.84. The minimum Gasteiger partial charge on any atom is -0.462 e. The number of imidazole rings is 1. The molecule has 10 nitrogen and oxygen atoms in total. The standard InChI is InChI=1S/C21H26N4O6/c1-6-30-20(29)13-7-9-14(10-8-13)25-18(27)16-15(22-11-23-16)17(26)24-12(2)19(28)31-21(3,4)5/h7-12H,6H2,1-5H3,(H,22,23)(H,24,26)(H,25,27)/t12-/m1/s1. The Balaban J connectivity index is 2.05. The molecule has 0 unspecified atom stereocenters. The SMILES string of the molecule is CCOC(=O)c1ccc(NC(=O)c2nc[nH]c2C(=O)N[C@H](C)C(=O)OC(C)(C)C)cc1. The summed E-state index contributed by atoms with van der Waals surface area (Å²) in [4.78, 5) is 55.4. The summed E-state index contributed by atoms with van der Waals surface area (Å²) in [5, 5.41) is 5.08. The molecule has 0 saturated carbocycles. The molecule has 0 aliphatic heterocycles. The summed E-state index contributed by atoms with van der Waals surface area (Å²) >= 11 is 0. The molecule has 0 saturated heterocycles. The molecule has 0 spiro atoms. The number of carbonyl (C=O) groups excluding carboxylic acids is 4. The Morgan fingerprint density at radius 3 is 2.32 bits per heavy atom. The van der Waals surface area contributed by atoms with Crippen molar-refractivity contribution < 1.29 is 28.7 Å². The van der Waals surface area contributed by atoms with Crippen LogP contribution in [-0.4, -0.2) is 52.0 Å². The maximum atomic E-state index is 12.6. The number of H-pyrrole nitrogens is 1. The molecule has 0 radical (unpaired) electrons. The highest BCUT2D eigenvalue weighted by Crippen LogP contribution is 2.14. The van der Waals surface area contributed by atoms with Crippen LogP contribution in [0.4, 0.5) is 5.69 Å². The van der Waals surface area contributed by atoms with Gasteiger partial charge in [-0.15, -0.1) is 0 Å². The number of aromatic nitrogens is 2. The van der Waals surface area contributed by atoms with E-state index in [-0.39, 0.29) is 18.0 Å². The number of carbonyl (C=O) groups is 4. The molecule has 1 heterocycles. The van der Waals surface area contributed by atoms with E-state index >= 15 is 0 Å². The van der Waals surface area contributed by atoms with Gasteiger partial charge in [-0.3, -0.25) is 9.59 Å². The van der Waals surface area contributed by atoms with Gasteiger partial charge in [-0.05, 0) is 58.9 Å². The first-order valence-corrected chi connectivity index (χ1v) is 9.67. The number of hydrogen-bond donors (Lipinski definition) is 3. The second kappa shape index (κ2) is 9.88. The van der Waals surface area contributed by atoms with Gasteiger partial charge < -0.3 is 25.1 Å². The molecule has 1 atom stereocenters. The number of anilines is 1. The zero-order valence-electron chi connectivity index (χ0n) is 18.1. The quantitative estimate of drug-likeness (QED) is 0.573. The van der Waals surface area contributed by atoms with Gasteiger partial charge in [0.1, 0.15) is 17.3 Å². The molecule has 1 aromatic heterocycles. The third kappa shape index (κ3) is 6.66. The van der Waals surface area contributed by atoms with E-state index in [4.69, 9.17) is 9.47 Å². The fourth-order valence-electron chi connectivity index (χ4n) is 2.45. The highest BCUT2D eigenvalue weighted by atomic mass is 16.6. The van der Waals surface area contributed by atoms with Gasteiger partial charge in [-0.1, -0.05) is 0 Å². The summed E-state index contributed by atoms with van der Waals surface area (Å²) in [5.41, 5.74) is -0.206. The fourth-order valence-corrected chi connectivity index (χ4v) is 2.45. The summed E-state index contributed by atoms with van der Waals surface area (Å²) in [7, 11) is 0. The van der Waals surface area contributed by atoms with E-state index in [1.54, 1.807) is 27.7 Å². The van der Waals surface area contributed by atoms with Crippen LogP contribution in [-0.2, 0) is 14.3 Å². The Bertz CT molecular complexity index is 959. The van der Waals surface area contributed by atoms with E-state index in [0.29, 0.717) is 11.3 Å². The van der Waals surface area contributed by atoms with Crippen molar-refractivity contribution in [3.63, 3.8) is 0 Å². The van der Waals surface area contributed by atoms with Gasteiger partial charge in [-0.2, -0.15) is 0 Å². The third-order valence-electron chi connectivity index (χ3n) is 3.84. The summed E-state index contributed by atoms with van der Waals surface area (Å²) in [6.45, 7) is 8.60. The Morgan fingerprint density at radius 2 is 1.74 bits per heavy atom. The van der Waals surface area contributed by atoms with Crippen LogP contribution in [0, 0.1) is 0 Å². The maximum absolute atomic E-state index is 12.6. The molecule has 0 fully saturated rings. The van der Waals surface area contributed by atoms with Crippen molar-refractivity contribution in [1.29, 1.82) is 0 Å². The van der Waals surface area contributed by atoms with Crippen molar-refractivity contribution in [1.82, 2.24) is 15.3 Å². The highest BCUT2D eigenvalue weighted by Gasteiger charge is 2.26. The Morgan fingerprint density at radius 1 is 1.10 bits per heavy atom. The van der Waals surface area contributed by atoms with E-state index in [2.05, 4.69) is 20.6 Å². The van der Waals surface area contributed by atoms with Gasteiger partial charge >= 0.3 is 11.9 Å². The molecule has 2 aromatic rings. The topological polar surface area (TPSA) is 139 Å². The first-order valence-electron chi connectivity index (χ1n) is 9.67. The Kier molecular flexibility index (Phi) is 7.51. The van der Waals surface area contributed by atoms with Gasteiger partial charge in [0.25, 0.3) is 11.8 Å². The van der Waals surface area contributed by atoms with E-state index in [1.165, 1.54) is 37.5 Å². The largest absolute Gasteiger partial charge is 0.462 e. The number of ether oxygens (including phenoxy) is 2. The van der Waals surface area contributed by atoms with Crippen molar-refractivity contribution in [2.45, 2.75) is 46.3 Å². The van der Waals surface area contributed by atoms with Gasteiger partial charge in [0.05, 0.1) is 18.5 Å². The first-order chi connectivity index (χ1) is 14.5. The summed E-state index contributed by atoms with van der Waals surface area (Å²) in [6, 6.07) is 5.14. The first kappa shape index (κ1) is 23.6. The van der Waals surface area contributed by atoms with Crippen molar-refractivity contribution in [2.24, 2.45) is 0 Å². The van der Waals surface area contributed by atoms with E-state index in [9.17, 15) is 19.2 Å². The predicted octanol–water partition coefficient (Wildman–Crippen LogP) is 2.30. The molecule has 3 N–H and O–H groups in total. The van der Waals surface area contributed by atoms with Gasteiger partial charge in [0.2, 0.25) is 0 Å². The molecule has 0 aliphatic carbocycles. The summed E-state index contributed by atoms with van der Waals surface area (Å²) in [6.07, 6.45) is 1.20. The van der Waals surface area contributed by atoms with Crippen LogP contribution < -0.4 is 10.6 Å². The normalized spacial score (nSPS) is 11.9. The molecule has 10 heteroatoms. The number of esters is 2. The van der Waals surface area contributed by atoms with Crippen molar-refractivity contribution in [2.75, 3.05) is 11.9 Å². The van der Waals surface area contributed by atoms with E-state index in [1.807, 2.05) is 0 Å². The van der Waals surface area contributed by atoms with Crippen LogP contribution >= 0.6 is 0 Å². The lowest BCUT2D eigenvalue weighted by atomic mass is 10.2. The minimum absolute atomic E-state index is 0.101. The predicted molar refractivity (Wildman–Crippen MR) is 112 cm³/mol. The van der Waals surface area contributed by atoms with Gasteiger partial charge in [-0.25, -0.2) is 14.6 Å². The lowest BCUT2D eigenvalue weighted by Crippen LogP contribution is -2.42. The fraction of sp³-hybridized carbons (Fsp3) is 0.381. The number of aromatic amines is 1. The second-order valence-electron chi connectivity index (χ2n) is 7.61. The number of hydrogen-bond acceptors (Lipinski definition) is 7. The average molecular weight is 430 g/mol. The van der Waals surface area contributed by atoms with Crippen LogP contribution in [0.3, 0.4) is 0 Å². The molecular weight excluding hydrogens is 404 g/mol. The lowest BCUT2D eigenvalue weighted by Gasteiger charge is -2.22. The van der Waals surface area contributed by atoms with Gasteiger partial charge in [0, 0.05) is 5.69 Å². The maximum Gasteiger partial charge on any atom is 0.338 e. The van der Waals surface area contributed by atoms with Gasteiger partial charge in [0.15, 0.2) is 5.69 Å². The molecule has 166 valence electrons. The Labute approximate surface area is 179 Å². The molecule has 0 bridgehead atoms. The van der Waals surface area contributed by atoms with Crippen LogP contribution in [0.2, 0.25) is 0 Å². The molecule has 31 heavy (non-hydrogen) atoms. The van der Waals surface area contributed by atoms with Crippen LogP contribution in [0.1, 0.15) is 66.0 Å². The van der Waals surface area contributed by atoms with E-state index in [0.717, 1.165) is 0 Å². The smallest absolute Gasteiger partial charge is 0.338 e. The zero-order chi connectivity index (χ0) is 23.2. The van der Waals surface area contributed by atoms with Crippen LogP contribution in [0.5, 0.6) is 0 Å². The minimum atomic E-state index is -0.929. The molecule has 0 aliphatic rings. The number of rotatable bonds is 7. The summed E-state index contributed by atoms with van der Waals surface area (Å²) < 4.78 is 10.1. The number of amides is 2.